The SMILES string of the molecule is COc1ccc(N(c2ccc(CO)cc2)c2ccc(C3=C4C(=O)N(C)C(c5ccc(N(c6ccc(CO)cc6)c6ccc(CO)cc6)cc5)=C4C(=O)N3C)cc2)cc1. The third-order valence-electron chi connectivity index (χ3n) is 10.7. The Morgan fingerprint density at radius 2 is 0.690 bits per heavy atom. The van der Waals surface area contributed by atoms with Gasteiger partial charge >= 0.3 is 0 Å². The van der Waals surface area contributed by atoms with Gasteiger partial charge in [0.25, 0.3) is 11.8 Å². The van der Waals surface area contributed by atoms with E-state index in [0.717, 1.165) is 67.7 Å². The topological polar surface area (TPSA) is 117 Å². The summed E-state index contributed by atoms with van der Waals surface area (Å²) in [4.78, 5) is 35.5. The fourth-order valence-corrected chi connectivity index (χ4v) is 7.62. The van der Waals surface area contributed by atoms with Gasteiger partial charge in [-0.25, -0.2) is 0 Å². The first-order valence-electron chi connectivity index (χ1n) is 18.8. The minimum Gasteiger partial charge on any atom is -0.497 e. The lowest BCUT2D eigenvalue weighted by molar-refractivity contribution is -0.123. The lowest BCUT2D eigenvalue weighted by Crippen LogP contribution is -2.25. The number of anilines is 6. The summed E-state index contributed by atoms with van der Waals surface area (Å²) in [6.07, 6.45) is 0. The Morgan fingerprint density at radius 3 is 0.948 bits per heavy atom. The first-order valence-corrected chi connectivity index (χ1v) is 18.8. The number of ether oxygens (including phenoxy) is 1. The average Bonchev–Trinajstić information content (AvgIpc) is 3.68. The van der Waals surface area contributed by atoms with E-state index in [1.165, 1.54) is 0 Å². The molecule has 2 aliphatic rings. The standard InChI is InChI=1S/C48H42N4O6/c1-49-45(34-10-20-39(21-11-34)51(36-14-4-31(28-53)5-15-36)37-16-6-32(29-54)7-17-37)43-44(48(49)57)46(50(2)47(43)56)35-12-22-40(23-13-35)52(38-18-8-33(30-55)9-19-38)41-24-26-42(58-3)27-25-41/h4-27,53-55H,28-30H2,1-3H3. The van der Waals surface area contributed by atoms with Gasteiger partial charge in [0.2, 0.25) is 0 Å². The number of fused-ring (bicyclic) bond motifs is 1. The van der Waals surface area contributed by atoms with E-state index >= 15 is 0 Å². The molecule has 2 aliphatic heterocycles. The van der Waals surface area contributed by atoms with Gasteiger partial charge in [0.15, 0.2) is 0 Å². The molecule has 0 bridgehead atoms. The van der Waals surface area contributed by atoms with E-state index in [0.29, 0.717) is 22.5 Å². The maximum atomic E-state index is 14.1. The van der Waals surface area contributed by atoms with Crippen molar-refractivity contribution in [2.75, 3.05) is 31.0 Å². The van der Waals surface area contributed by atoms with Crippen LogP contribution >= 0.6 is 0 Å². The molecule has 0 saturated carbocycles. The fraction of sp³-hybridized carbons (Fsp3) is 0.125. The second-order valence-electron chi connectivity index (χ2n) is 14.1. The Labute approximate surface area is 337 Å². The predicted molar refractivity (Wildman–Crippen MR) is 226 cm³/mol. The summed E-state index contributed by atoms with van der Waals surface area (Å²) in [5.74, 6) is 0.216. The van der Waals surface area contributed by atoms with E-state index in [2.05, 4.69) is 9.80 Å². The number of nitrogens with zero attached hydrogens (tertiary/aromatic N) is 4. The minimum absolute atomic E-state index is 0.0551. The van der Waals surface area contributed by atoms with Gasteiger partial charge in [0.05, 0.1) is 49.5 Å². The third-order valence-corrected chi connectivity index (χ3v) is 10.7. The largest absolute Gasteiger partial charge is 0.497 e. The number of aliphatic hydroxyl groups is 3. The molecule has 10 nitrogen and oxygen atoms in total. The molecule has 0 saturated heterocycles. The van der Waals surface area contributed by atoms with E-state index in [4.69, 9.17) is 4.74 Å². The van der Waals surface area contributed by atoms with Crippen molar-refractivity contribution in [1.29, 1.82) is 0 Å². The zero-order valence-corrected chi connectivity index (χ0v) is 32.3. The Balaban J connectivity index is 1.16. The molecule has 0 radical (unpaired) electrons. The maximum absolute atomic E-state index is 14.1. The van der Waals surface area contributed by atoms with Crippen LogP contribution in [0.3, 0.4) is 0 Å². The summed E-state index contributed by atoms with van der Waals surface area (Å²) >= 11 is 0. The van der Waals surface area contributed by atoms with Crippen molar-refractivity contribution in [2.45, 2.75) is 19.8 Å². The van der Waals surface area contributed by atoms with Gasteiger partial charge in [-0.2, -0.15) is 0 Å². The number of hydrogen-bond donors (Lipinski definition) is 3. The minimum atomic E-state index is -0.260. The smallest absolute Gasteiger partial charge is 0.261 e. The van der Waals surface area contributed by atoms with Crippen molar-refractivity contribution >= 4 is 57.3 Å². The van der Waals surface area contributed by atoms with Gasteiger partial charge in [-0.3, -0.25) is 9.59 Å². The molecular weight excluding hydrogens is 729 g/mol. The van der Waals surface area contributed by atoms with Crippen LogP contribution in [0, 0.1) is 0 Å². The van der Waals surface area contributed by atoms with Crippen molar-refractivity contribution in [2.24, 2.45) is 0 Å². The number of amides is 2. The maximum Gasteiger partial charge on any atom is 0.261 e. The van der Waals surface area contributed by atoms with Crippen molar-refractivity contribution in [3.63, 3.8) is 0 Å². The Bertz CT molecular complexity index is 2250. The van der Waals surface area contributed by atoms with Crippen LogP contribution in [0.5, 0.6) is 5.75 Å². The second kappa shape index (κ2) is 15.9. The van der Waals surface area contributed by atoms with E-state index in [9.17, 15) is 24.9 Å². The molecule has 6 aromatic carbocycles. The van der Waals surface area contributed by atoms with Gasteiger partial charge < -0.3 is 39.7 Å². The Kier molecular flexibility index (Phi) is 10.4. The molecule has 0 atom stereocenters. The summed E-state index contributed by atoms with van der Waals surface area (Å²) in [7, 11) is 5.03. The number of benzene rings is 6. The van der Waals surface area contributed by atoms with Crippen molar-refractivity contribution in [3.05, 3.63) is 185 Å². The van der Waals surface area contributed by atoms with Gasteiger partial charge in [-0.05, 0) is 113 Å². The third kappa shape index (κ3) is 6.79. The highest BCUT2D eigenvalue weighted by atomic mass is 16.5. The molecule has 3 N–H and O–H groups in total. The Hall–Kier alpha value is -6.98. The van der Waals surface area contributed by atoms with E-state index in [1.807, 2.05) is 146 Å². The summed E-state index contributed by atoms with van der Waals surface area (Å²) in [5.41, 5.74) is 10.9. The number of likely N-dealkylation sites (N-methyl/N-ethyl adjacent to an activating group) is 2. The molecule has 2 heterocycles. The van der Waals surface area contributed by atoms with Crippen LogP contribution in [-0.2, 0) is 29.4 Å². The lowest BCUT2D eigenvalue weighted by atomic mass is 10.0. The lowest BCUT2D eigenvalue weighted by Gasteiger charge is -2.26. The van der Waals surface area contributed by atoms with E-state index < -0.39 is 0 Å². The molecule has 0 aromatic heterocycles. The highest BCUT2D eigenvalue weighted by Gasteiger charge is 2.46. The second-order valence-corrected chi connectivity index (χ2v) is 14.1. The highest BCUT2D eigenvalue weighted by Crippen LogP contribution is 2.46. The molecule has 2 amide bonds. The number of aliphatic hydroxyl groups excluding tert-OH is 3. The van der Waals surface area contributed by atoms with E-state index in [1.54, 1.807) is 31.0 Å². The molecule has 58 heavy (non-hydrogen) atoms. The monoisotopic (exact) mass is 770 g/mol. The molecule has 0 aliphatic carbocycles. The molecule has 0 spiro atoms. The summed E-state index contributed by atoms with van der Waals surface area (Å²) in [6.45, 7) is -0.182. The van der Waals surface area contributed by atoms with Gasteiger partial charge in [-0.15, -0.1) is 0 Å². The molecule has 0 unspecified atom stereocenters. The number of carbonyl (C=O) groups is 2. The van der Waals surface area contributed by atoms with Crippen LogP contribution in [0.1, 0.15) is 27.8 Å². The number of methoxy groups -OCH3 is 1. The quantitative estimate of drug-likeness (QED) is 0.114. The van der Waals surface area contributed by atoms with Gasteiger partial charge in [0.1, 0.15) is 5.75 Å². The number of carbonyl (C=O) groups excluding carboxylic acids is 2. The molecular formula is C48H42N4O6. The Morgan fingerprint density at radius 1 is 0.431 bits per heavy atom. The van der Waals surface area contributed by atoms with Crippen LogP contribution in [-0.4, -0.2) is 58.1 Å². The van der Waals surface area contributed by atoms with E-state index in [-0.39, 0.29) is 31.6 Å². The zero-order chi connectivity index (χ0) is 40.5. The molecule has 8 rings (SSSR count). The van der Waals surface area contributed by atoms with Crippen molar-refractivity contribution in [3.8, 4) is 5.75 Å². The summed E-state index contributed by atoms with van der Waals surface area (Å²) in [6, 6.07) is 46.2. The normalized spacial score (nSPS) is 13.8. The summed E-state index contributed by atoms with van der Waals surface area (Å²) in [5, 5.41) is 28.9. The van der Waals surface area contributed by atoms with Crippen LogP contribution in [0.4, 0.5) is 34.1 Å². The molecule has 10 heteroatoms. The molecule has 290 valence electrons. The fourth-order valence-electron chi connectivity index (χ4n) is 7.62. The predicted octanol–water partition coefficient (Wildman–Crippen LogP) is 8.18. The zero-order valence-electron chi connectivity index (χ0n) is 32.3. The molecule has 0 fully saturated rings. The summed E-state index contributed by atoms with van der Waals surface area (Å²) < 4.78 is 5.40. The van der Waals surface area contributed by atoms with Crippen LogP contribution in [0.2, 0.25) is 0 Å². The average molecular weight is 771 g/mol. The molecule has 6 aromatic rings. The van der Waals surface area contributed by atoms with Crippen LogP contribution < -0.4 is 14.5 Å². The van der Waals surface area contributed by atoms with Crippen LogP contribution in [0.15, 0.2) is 157 Å². The van der Waals surface area contributed by atoms with Gasteiger partial charge in [0, 0.05) is 48.2 Å². The number of hydrogen-bond acceptors (Lipinski definition) is 8. The first-order chi connectivity index (χ1) is 28.2. The highest BCUT2D eigenvalue weighted by molar-refractivity contribution is 6.30. The number of rotatable bonds is 12. The van der Waals surface area contributed by atoms with Crippen LogP contribution in [0.25, 0.3) is 11.4 Å². The van der Waals surface area contributed by atoms with Crippen molar-refractivity contribution in [1.82, 2.24) is 9.80 Å². The van der Waals surface area contributed by atoms with Crippen molar-refractivity contribution < 1.29 is 29.6 Å². The van der Waals surface area contributed by atoms with Gasteiger partial charge in [-0.1, -0.05) is 60.7 Å². The first kappa shape index (κ1) is 37.9.